The molecule has 3 atom stereocenters. The molecular weight excluding hydrogens is 424 g/mol. The van der Waals surface area contributed by atoms with Crippen molar-refractivity contribution in [2.24, 2.45) is 4.99 Å². The van der Waals surface area contributed by atoms with Crippen molar-refractivity contribution in [1.82, 2.24) is 25.8 Å². The van der Waals surface area contributed by atoms with E-state index in [2.05, 4.69) is 52.0 Å². The smallest absolute Gasteiger partial charge is 0.240 e. The summed E-state index contributed by atoms with van der Waals surface area (Å²) in [5.41, 5.74) is 3.18. The van der Waals surface area contributed by atoms with Crippen LogP contribution in [0.5, 0.6) is 0 Å². The number of aromatic nitrogens is 1. The van der Waals surface area contributed by atoms with Gasteiger partial charge in [-0.2, -0.15) is 0 Å². The lowest BCUT2D eigenvalue weighted by Crippen LogP contribution is -2.59. The van der Waals surface area contributed by atoms with E-state index >= 15 is 0 Å². The SMILES string of the molecule is Cc1ccc(-c2csc(C3C(=O)NC(N4CCOCC4)=NC3N[C@@H]3CCCNC3)n2)cc1. The van der Waals surface area contributed by atoms with Gasteiger partial charge in [-0.25, -0.2) is 9.98 Å². The van der Waals surface area contributed by atoms with E-state index in [4.69, 9.17) is 14.7 Å². The third-order valence-electron chi connectivity index (χ3n) is 6.24. The number of benzene rings is 1. The molecule has 0 aliphatic carbocycles. The second-order valence-electron chi connectivity index (χ2n) is 8.61. The molecule has 2 fully saturated rings. The van der Waals surface area contributed by atoms with E-state index in [1.165, 1.54) is 16.9 Å². The number of piperidine rings is 1. The molecule has 32 heavy (non-hydrogen) atoms. The van der Waals surface area contributed by atoms with E-state index in [-0.39, 0.29) is 18.1 Å². The lowest BCUT2D eigenvalue weighted by atomic mass is 10.0. The molecule has 1 aromatic heterocycles. The number of rotatable bonds is 4. The summed E-state index contributed by atoms with van der Waals surface area (Å²) in [6, 6.07) is 8.61. The molecular formula is C23H30N6O2S. The Hall–Kier alpha value is -2.33. The summed E-state index contributed by atoms with van der Waals surface area (Å²) in [4.78, 5) is 25.3. The quantitative estimate of drug-likeness (QED) is 0.651. The number of nitrogens with one attached hydrogen (secondary N) is 3. The zero-order valence-corrected chi connectivity index (χ0v) is 19.2. The van der Waals surface area contributed by atoms with Gasteiger partial charge in [0.25, 0.3) is 0 Å². The maximum Gasteiger partial charge on any atom is 0.240 e. The summed E-state index contributed by atoms with van der Waals surface area (Å²) in [6.45, 7) is 6.77. The first kappa shape index (κ1) is 21.5. The predicted octanol–water partition coefficient (Wildman–Crippen LogP) is 1.69. The average molecular weight is 455 g/mol. The molecule has 1 amide bonds. The summed E-state index contributed by atoms with van der Waals surface area (Å²) in [6.07, 6.45) is 1.85. The number of nitrogens with zero attached hydrogens (tertiary/aromatic N) is 3. The molecule has 1 aromatic carbocycles. The number of hydrogen-bond donors (Lipinski definition) is 3. The zero-order chi connectivity index (χ0) is 21.9. The first-order chi connectivity index (χ1) is 15.7. The van der Waals surface area contributed by atoms with Gasteiger partial charge < -0.3 is 15.0 Å². The van der Waals surface area contributed by atoms with Crippen LogP contribution in [0.25, 0.3) is 11.3 Å². The molecule has 170 valence electrons. The van der Waals surface area contributed by atoms with Gasteiger partial charge in [0.2, 0.25) is 11.9 Å². The summed E-state index contributed by atoms with van der Waals surface area (Å²) in [5, 5.41) is 13.0. The van der Waals surface area contributed by atoms with Gasteiger partial charge in [-0.3, -0.25) is 15.4 Å². The van der Waals surface area contributed by atoms with Gasteiger partial charge in [0.15, 0.2) is 0 Å². The summed E-state index contributed by atoms with van der Waals surface area (Å²) >= 11 is 1.53. The third-order valence-corrected chi connectivity index (χ3v) is 7.17. The fourth-order valence-electron chi connectivity index (χ4n) is 4.41. The molecule has 2 unspecified atom stereocenters. The number of carbonyl (C=O) groups excluding carboxylic acids is 1. The van der Waals surface area contributed by atoms with Crippen molar-refractivity contribution in [1.29, 1.82) is 0 Å². The van der Waals surface area contributed by atoms with E-state index in [0.717, 1.165) is 55.3 Å². The lowest BCUT2D eigenvalue weighted by molar-refractivity contribution is -0.122. The number of thiazole rings is 1. The molecule has 3 N–H and O–H groups in total. The van der Waals surface area contributed by atoms with E-state index in [9.17, 15) is 4.79 Å². The minimum absolute atomic E-state index is 0.0485. The van der Waals surface area contributed by atoms with Crippen molar-refractivity contribution in [3.05, 3.63) is 40.2 Å². The van der Waals surface area contributed by atoms with Crippen LogP contribution in [0.4, 0.5) is 0 Å². The number of morpholine rings is 1. The van der Waals surface area contributed by atoms with Crippen LogP contribution < -0.4 is 16.0 Å². The first-order valence-electron chi connectivity index (χ1n) is 11.4. The van der Waals surface area contributed by atoms with Gasteiger partial charge >= 0.3 is 0 Å². The number of guanidine groups is 1. The molecule has 0 saturated carbocycles. The fraction of sp³-hybridized carbons (Fsp3) is 0.522. The molecule has 2 saturated heterocycles. The van der Waals surface area contributed by atoms with E-state index in [0.29, 0.717) is 19.2 Å². The standard InChI is InChI=1S/C23H30N6O2S/c1-15-4-6-16(7-5-15)18-14-32-22(26-18)19-20(25-17-3-2-8-24-13-17)27-23(28-21(19)30)29-9-11-31-12-10-29/h4-7,14,17,19-20,24-25H,2-3,8-13H2,1H3,(H,27,28,30)/t17-,19?,20?/m1/s1. The molecule has 0 bridgehead atoms. The monoisotopic (exact) mass is 454 g/mol. The van der Waals surface area contributed by atoms with Crippen LogP contribution in [0, 0.1) is 6.92 Å². The Kier molecular flexibility index (Phi) is 6.49. The van der Waals surface area contributed by atoms with Gasteiger partial charge in [0, 0.05) is 36.6 Å². The molecule has 3 aliphatic heterocycles. The van der Waals surface area contributed by atoms with Gasteiger partial charge in [0.05, 0.1) is 18.9 Å². The average Bonchev–Trinajstić information content (AvgIpc) is 3.30. The molecule has 5 rings (SSSR count). The highest BCUT2D eigenvalue weighted by atomic mass is 32.1. The Morgan fingerprint density at radius 2 is 2.03 bits per heavy atom. The normalized spacial score (nSPS) is 26.5. The number of carbonyl (C=O) groups is 1. The molecule has 4 heterocycles. The van der Waals surface area contributed by atoms with Crippen molar-refractivity contribution in [3.8, 4) is 11.3 Å². The Morgan fingerprint density at radius 1 is 1.22 bits per heavy atom. The van der Waals surface area contributed by atoms with Crippen LogP contribution in [0.1, 0.15) is 29.3 Å². The van der Waals surface area contributed by atoms with Crippen molar-refractivity contribution in [2.45, 2.75) is 37.9 Å². The van der Waals surface area contributed by atoms with Crippen molar-refractivity contribution in [3.63, 3.8) is 0 Å². The Bertz CT molecular complexity index is 963. The van der Waals surface area contributed by atoms with Gasteiger partial charge in [-0.15, -0.1) is 11.3 Å². The van der Waals surface area contributed by atoms with Crippen molar-refractivity contribution in [2.75, 3.05) is 39.4 Å². The number of aliphatic imine (C=N–C) groups is 1. The largest absolute Gasteiger partial charge is 0.378 e. The van der Waals surface area contributed by atoms with Crippen LogP contribution in [0.15, 0.2) is 34.6 Å². The summed E-state index contributed by atoms with van der Waals surface area (Å²) in [7, 11) is 0. The number of hydrogen-bond acceptors (Lipinski definition) is 8. The number of ether oxygens (including phenoxy) is 1. The molecule has 2 aromatic rings. The minimum Gasteiger partial charge on any atom is -0.378 e. The van der Waals surface area contributed by atoms with E-state index < -0.39 is 5.92 Å². The Labute approximate surface area is 192 Å². The van der Waals surface area contributed by atoms with Crippen molar-refractivity contribution >= 4 is 23.2 Å². The second kappa shape index (κ2) is 9.66. The van der Waals surface area contributed by atoms with Gasteiger partial charge in [0.1, 0.15) is 17.1 Å². The maximum absolute atomic E-state index is 13.4. The molecule has 8 nitrogen and oxygen atoms in total. The highest BCUT2D eigenvalue weighted by Gasteiger charge is 2.39. The van der Waals surface area contributed by atoms with Crippen LogP contribution in [-0.2, 0) is 9.53 Å². The van der Waals surface area contributed by atoms with E-state index in [1.54, 1.807) is 0 Å². The van der Waals surface area contributed by atoms with Crippen molar-refractivity contribution < 1.29 is 9.53 Å². The molecule has 3 aliphatic rings. The summed E-state index contributed by atoms with van der Waals surface area (Å²) in [5.74, 6) is 0.143. The molecule has 0 radical (unpaired) electrons. The molecule has 0 spiro atoms. The van der Waals surface area contributed by atoms with Gasteiger partial charge in [-0.05, 0) is 26.3 Å². The van der Waals surface area contributed by atoms with Crippen LogP contribution in [0.3, 0.4) is 0 Å². The second-order valence-corrected chi connectivity index (χ2v) is 9.50. The van der Waals surface area contributed by atoms with Crippen LogP contribution in [-0.4, -0.2) is 73.4 Å². The lowest BCUT2D eigenvalue weighted by Gasteiger charge is -2.37. The van der Waals surface area contributed by atoms with Crippen LogP contribution >= 0.6 is 11.3 Å². The van der Waals surface area contributed by atoms with Gasteiger partial charge in [-0.1, -0.05) is 29.8 Å². The first-order valence-corrected chi connectivity index (χ1v) is 12.3. The topological polar surface area (TPSA) is 90.9 Å². The highest BCUT2D eigenvalue weighted by Crippen LogP contribution is 2.31. The fourth-order valence-corrected chi connectivity index (χ4v) is 5.36. The Balaban J connectivity index is 1.43. The van der Waals surface area contributed by atoms with Crippen LogP contribution in [0.2, 0.25) is 0 Å². The summed E-state index contributed by atoms with van der Waals surface area (Å²) < 4.78 is 5.47. The molecule has 9 heteroatoms. The minimum atomic E-state index is -0.453. The van der Waals surface area contributed by atoms with E-state index in [1.807, 2.05) is 5.38 Å². The maximum atomic E-state index is 13.4. The predicted molar refractivity (Wildman–Crippen MR) is 126 cm³/mol. The Morgan fingerprint density at radius 3 is 2.78 bits per heavy atom. The zero-order valence-electron chi connectivity index (χ0n) is 18.3. The highest BCUT2D eigenvalue weighted by molar-refractivity contribution is 7.10. The number of aryl methyl sites for hydroxylation is 1. The number of amides is 1. The third kappa shape index (κ3) is 4.71.